The van der Waals surface area contributed by atoms with Gasteiger partial charge in [-0.3, -0.25) is 0 Å². The number of anilines is 3. The van der Waals surface area contributed by atoms with Crippen molar-refractivity contribution in [3.8, 4) is 16.9 Å². The van der Waals surface area contributed by atoms with E-state index in [1.165, 1.54) is 37.7 Å². The summed E-state index contributed by atoms with van der Waals surface area (Å²) in [6, 6.07) is 30.2. The van der Waals surface area contributed by atoms with Crippen molar-refractivity contribution in [2.75, 3.05) is 12.0 Å². The molecule has 0 fully saturated rings. The quantitative estimate of drug-likeness (QED) is 0.294. The summed E-state index contributed by atoms with van der Waals surface area (Å²) in [5, 5.41) is 0. The fourth-order valence-corrected chi connectivity index (χ4v) is 6.54. The molecule has 4 heteroatoms. The zero-order valence-corrected chi connectivity index (χ0v) is 19.4. The number of para-hydroxylation sites is 2. The molecule has 0 N–H and O–H groups in total. The van der Waals surface area contributed by atoms with Gasteiger partial charge >= 0.3 is 0 Å². The van der Waals surface area contributed by atoms with Gasteiger partial charge in [0.15, 0.2) is 0 Å². The summed E-state index contributed by atoms with van der Waals surface area (Å²) in [5.41, 5.74) is 8.40. The first-order chi connectivity index (χ1) is 15.2. The van der Waals surface area contributed by atoms with E-state index in [1.807, 2.05) is 21.6 Å². The molecule has 1 aliphatic rings. The molecule has 1 aliphatic heterocycles. The zero-order chi connectivity index (χ0) is 21.4. The van der Waals surface area contributed by atoms with Crippen LogP contribution in [0.3, 0.4) is 0 Å². The highest BCUT2D eigenvalue weighted by Gasteiger charge is 2.23. The third-order valence-electron chi connectivity index (χ3n) is 5.58. The maximum absolute atomic E-state index is 5.64. The Kier molecular flexibility index (Phi) is 5.43. The van der Waals surface area contributed by atoms with Crippen LogP contribution in [0.4, 0.5) is 17.1 Å². The highest BCUT2D eigenvalue weighted by Crippen LogP contribution is 2.54. The van der Waals surface area contributed by atoms with Gasteiger partial charge < -0.3 is 9.64 Å². The lowest BCUT2D eigenvalue weighted by atomic mass is 9.99. The Morgan fingerprint density at radius 1 is 0.645 bits per heavy atom. The highest BCUT2D eigenvalue weighted by molar-refractivity contribution is 8.76. The number of nitrogens with zero attached hydrogens (tertiary/aromatic N) is 1. The zero-order valence-electron chi connectivity index (χ0n) is 17.8. The molecule has 0 amide bonds. The van der Waals surface area contributed by atoms with Crippen molar-refractivity contribution in [3.05, 3.63) is 96.1 Å². The molecule has 31 heavy (non-hydrogen) atoms. The van der Waals surface area contributed by atoms with E-state index in [9.17, 15) is 0 Å². The monoisotopic (exact) mass is 441 g/mol. The van der Waals surface area contributed by atoms with E-state index in [0.29, 0.717) is 0 Å². The fourth-order valence-electron chi connectivity index (χ4n) is 4.02. The van der Waals surface area contributed by atoms with Crippen molar-refractivity contribution in [2.24, 2.45) is 0 Å². The lowest BCUT2D eigenvalue weighted by Gasteiger charge is -2.29. The molecule has 0 saturated heterocycles. The lowest BCUT2D eigenvalue weighted by molar-refractivity contribution is 0.411. The number of fused-ring (bicyclic) bond motifs is 3. The maximum atomic E-state index is 5.64. The van der Waals surface area contributed by atoms with E-state index in [4.69, 9.17) is 4.74 Å². The first kappa shape index (κ1) is 20.1. The minimum atomic E-state index is 0.933. The number of ether oxygens (including phenoxy) is 1. The molecule has 0 radical (unpaired) electrons. The average molecular weight is 442 g/mol. The van der Waals surface area contributed by atoms with Crippen molar-refractivity contribution < 1.29 is 4.74 Å². The molecular formula is C27H23NOS2. The van der Waals surface area contributed by atoms with Crippen LogP contribution in [0, 0.1) is 13.8 Å². The van der Waals surface area contributed by atoms with E-state index >= 15 is 0 Å². The third-order valence-corrected chi connectivity index (χ3v) is 8.02. The maximum Gasteiger partial charge on any atom is 0.122 e. The molecule has 0 bridgehead atoms. The van der Waals surface area contributed by atoms with E-state index in [1.54, 1.807) is 7.11 Å². The number of hydrogen-bond donors (Lipinski definition) is 0. The molecule has 2 nitrogen and oxygen atoms in total. The van der Waals surface area contributed by atoms with Gasteiger partial charge in [0.05, 0.1) is 7.11 Å². The topological polar surface area (TPSA) is 12.5 Å². The summed E-state index contributed by atoms with van der Waals surface area (Å²) in [5.74, 6) is 0.933. The molecule has 0 aromatic heterocycles. The number of aryl methyl sites for hydroxylation is 2. The van der Waals surface area contributed by atoms with Crippen molar-refractivity contribution in [1.82, 2.24) is 0 Å². The van der Waals surface area contributed by atoms with Crippen LogP contribution in [0.5, 0.6) is 5.75 Å². The van der Waals surface area contributed by atoms with Crippen molar-refractivity contribution >= 4 is 38.6 Å². The smallest absolute Gasteiger partial charge is 0.122 e. The predicted molar refractivity (Wildman–Crippen MR) is 134 cm³/mol. The summed E-state index contributed by atoms with van der Waals surface area (Å²) < 4.78 is 5.64. The van der Waals surface area contributed by atoms with Crippen LogP contribution in [0.15, 0.2) is 94.7 Å². The van der Waals surface area contributed by atoms with Gasteiger partial charge in [-0.15, -0.1) is 0 Å². The third kappa shape index (κ3) is 3.71. The summed E-state index contributed by atoms with van der Waals surface area (Å²) in [6.07, 6.45) is 0. The van der Waals surface area contributed by atoms with Crippen molar-refractivity contribution in [1.29, 1.82) is 0 Å². The Morgan fingerprint density at radius 2 is 1.16 bits per heavy atom. The molecule has 154 valence electrons. The minimum absolute atomic E-state index is 0.933. The molecule has 0 atom stereocenters. The van der Waals surface area contributed by atoms with Gasteiger partial charge in [-0.2, -0.15) is 0 Å². The van der Waals surface area contributed by atoms with Gasteiger partial charge in [-0.1, -0.05) is 58.0 Å². The van der Waals surface area contributed by atoms with Gasteiger partial charge in [-0.25, -0.2) is 0 Å². The molecule has 0 aliphatic carbocycles. The minimum Gasteiger partial charge on any atom is -0.496 e. The summed E-state index contributed by atoms with van der Waals surface area (Å²) in [4.78, 5) is 4.93. The van der Waals surface area contributed by atoms with Crippen LogP contribution >= 0.6 is 21.6 Å². The van der Waals surface area contributed by atoms with Crippen molar-refractivity contribution in [3.63, 3.8) is 0 Å². The second-order valence-corrected chi connectivity index (χ2v) is 9.84. The molecular weight excluding hydrogens is 418 g/mol. The first-order valence-electron chi connectivity index (χ1n) is 10.2. The van der Waals surface area contributed by atoms with E-state index < -0.39 is 0 Å². The van der Waals surface area contributed by atoms with Crippen LogP contribution in [0.2, 0.25) is 0 Å². The van der Waals surface area contributed by atoms with Crippen LogP contribution in [0.25, 0.3) is 11.1 Å². The predicted octanol–water partition coefficient (Wildman–Crippen LogP) is 8.56. The first-order valence-corrected chi connectivity index (χ1v) is 12.4. The van der Waals surface area contributed by atoms with Gasteiger partial charge in [0.2, 0.25) is 0 Å². The fraction of sp³-hybridized carbons (Fsp3) is 0.111. The molecule has 0 unspecified atom stereocenters. The van der Waals surface area contributed by atoms with E-state index in [2.05, 4.69) is 104 Å². The Morgan fingerprint density at radius 3 is 1.71 bits per heavy atom. The highest BCUT2D eigenvalue weighted by atomic mass is 33.1. The number of methoxy groups -OCH3 is 1. The lowest BCUT2D eigenvalue weighted by Crippen LogP contribution is -2.11. The van der Waals surface area contributed by atoms with Crippen LogP contribution in [-0.4, -0.2) is 7.11 Å². The number of benzene rings is 4. The summed E-state index contributed by atoms with van der Waals surface area (Å²) >= 11 is 0. The van der Waals surface area contributed by atoms with Crippen LogP contribution in [-0.2, 0) is 0 Å². The molecule has 0 saturated carbocycles. The molecule has 4 aromatic carbocycles. The Labute approximate surface area is 191 Å². The largest absolute Gasteiger partial charge is 0.496 e. The molecule has 1 heterocycles. The van der Waals surface area contributed by atoms with Gasteiger partial charge in [0, 0.05) is 32.4 Å². The number of rotatable bonds is 4. The second kappa shape index (κ2) is 8.37. The summed E-state index contributed by atoms with van der Waals surface area (Å²) in [7, 11) is 5.41. The summed E-state index contributed by atoms with van der Waals surface area (Å²) in [6.45, 7) is 4.30. The standard InChI is InChI=1S/C27H23NOS2/c1-18-14-26-22(23-17-25(29-3)19(2)15-27(23)31-30-26)16-24(18)28(20-10-6-4-7-11-20)21-12-8-5-9-13-21/h4-17H,1-3H3. The Bertz CT molecular complexity index is 1200. The van der Waals surface area contributed by atoms with Gasteiger partial charge in [0.1, 0.15) is 5.75 Å². The molecule has 4 aromatic rings. The second-order valence-electron chi connectivity index (χ2n) is 7.63. The van der Waals surface area contributed by atoms with Crippen molar-refractivity contribution in [2.45, 2.75) is 23.6 Å². The molecule has 0 spiro atoms. The van der Waals surface area contributed by atoms with E-state index in [0.717, 1.165) is 17.1 Å². The average Bonchev–Trinajstić information content (AvgIpc) is 2.80. The number of hydrogen-bond acceptors (Lipinski definition) is 4. The normalized spacial score (nSPS) is 12.1. The van der Waals surface area contributed by atoms with E-state index in [-0.39, 0.29) is 0 Å². The van der Waals surface area contributed by atoms with Gasteiger partial charge in [0.25, 0.3) is 0 Å². The SMILES string of the molecule is COc1cc2c(cc1C)SSc1cc(C)c(N(c3ccccc3)c3ccccc3)cc1-2. The Balaban J connectivity index is 1.73. The Hall–Kier alpha value is -2.82. The van der Waals surface area contributed by atoms with Crippen LogP contribution in [0.1, 0.15) is 11.1 Å². The van der Waals surface area contributed by atoms with Crippen LogP contribution < -0.4 is 9.64 Å². The van der Waals surface area contributed by atoms with Gasteiger partial charge in [-0.05, 0) is 79.1 Å². The molecule has 5 rings (SSSR count).